The molecule has 1 aliphatic carbocycles. The van der Waals surface area contributed by atoms with Crippen molar-refractivity contribution in [2.45, 2.75) is 38.6 Å². The first-order chi connectivity index (χ1) is 13.6. The van der Waals surface area contributed by atoms with Crippen molar-refractivity contribution in [1.29, 1.82) is 0 Å². The smallest absolute Gasteiger partial charge is 0.204 e. The number of likely N-dealkylation sites (tertiary alicyclic amines) is 1. The van der Waals surface area contributed by atoms with Crippen LogP contribution in [-0.4, -0.2) is 34.1 Å². The number of nitrogen functional groups attached to an aromatic ring is 1. The molecule has 3 aromatic rings. The van der Waals surface area contributed by atoms with Crippen molar-refractivity contribution in [3.05, 3.63) is 58.4 Å². The van der Waals surface area contributed by atoms with Crippen molar-refractivity contribution in [3.63, 3.8) is 0 Å². The van der Waals surface area contributed by atoms with E-state index in [0.717, 1.165) is 49.1 Å². The summed E-state index contributed by atoms with van der Waals surface area (Å²) in [7, 11) is 0. The van der Waals surface area contributed by atoms with Crippen LogP contribution in [-0.2, 0) is 12.8 Å². The Morgan fingerprint density at radius 2 is 1.86 bits per heavy atom. The molecule has 2 aliphatic rings. The van der Waals surface area contributed by atoms with Crippen LogP contribution in [0.5, 0.6) is 0 Å². The van der Waals surface area contributed by atoms with E-state index in [0.29, 0.717) is 17.2 Å². The fourth-order valence-electron chi connectivity index (χ4n) is 5.11. The van der Waals surface area contributed by atoms with Crippen LogP contribution in [0, 0.1) is 12.8 Å². The molecular weight excluding hydrogens is 368 g/mol. The van der Waals surface area contributed by atoms with Crippen molar-refractivity contribution in [3.8, 4) is 0 Å². The summed E-state index contributed by atoms with van der Waals surface area (Å²) in [5.41, 5.74) is 13.2. The van der Waals surface area contributed by atoms with Crippen molar-refractivity contribution >= 4 is 28.3 Å². The molecule has 5 heteroatoms. The number of anilines is 1. The predicted octanol–water partition coefficient (Wildman–Crippen LogP) is 4.63. The molecule has 1 aliphatic heterocycles. The van der Waals surface area contributed by atoms with Crippen LogP contribution in [0.1, 0.15) is 35.6 Å². The van der Waals surface area contributed by atoms with Crippen molar-refractivity contribution in [1.82, 2.24) is 14.5 Å². The second kappa shape index (κ2) is 7.09. The first-order valence-electron chi connectivity index (χ1n) is 10.3. The Bertz CT molecular complexity index is 1020. The van der Waals surface area contributed by atoms with Crippen molar-refractivity contribution in [2.75, 3.05) is 25.4 Å². The molecule has 0 saturated carbocycles. The Morgan fingerprint density at radius 3 is 2.68 bits per heavy atom. The van der Waals surface area contributed by atoms with Gasteiger partial charge in [0.2, 0.25) is 5.28 Å². The Morgan fingerprint density at radius 1 is 1.07 bits per heavy atom. The summed E-state index contributed by atoms with van der Waals surface area (Å²) in [4.78, 5) is 7.22. The SMILES string of the molecule is Cc1ccc2c(c1)nc(Cl)n2C1CCN(C[C@@H]2Cc3ccc(N)cc3C2)CC1. The van der Waals surface area contributed by atoms with Crippen LogP contribution in [0.4, 0.5) is 5.69 Å². The Balaban J connectivity index is 1.23. The lowest BCUT2D eigenvalue weighted by molar-refractivity contribution is 0.165. The fourth-order valence-corrected chi connectivity index (χ4v) is 5.43. The van der Waals surface area contributed by atoms with Gasteiger partial charge in [0.15, 0.2) is 0 Å². The molecule has 2 aromatic carbocycles. The summed E-state index contributed by atoms with van der Waals surface area (Å²) in [6.07, 6.45) is 4.61. The van der Waals surface area contributed by atoms with Gasteiger partial charge < -0.3 is 15.2 Å². The number of hydrogen-bond donors (Lipinski definition) is 1. The average molecular weight is 395 g/mol. The number of benzene rings is 2. The minimum Gasteiger partial charge on any atom is -0.399 e. The minimum atomic E-state index is 0.442. The highest BCUT2D eigenvalue weighted by molar-refractivity contribution is 6.29. The topological polar surface area (TPSA) is 47.1 Å². The lowest BCUT2D eigenvalue weighted by Gasteiger charge is -2.34. The number of nitrogens with two attached hydrogens (primary N) is 1. The number of halogens is 1. The van der Waals surface area contributed by atoms with E-state index in [1.165, 1.54) is 29.7 Å². The van der Waals surface area contributed by atoms with Crippen molar-refractivity contribution < 1.29 is 0 Å². The number of nitrogens with zero attached hydrogens (tertiary/aromatic N) is 3. The predicted molar refractivity (Wildman–Crippen MR) is 116 cm³/mol. The summed E-state index contributed by atoms with van der Waals surface area (Å²) in [6, 6.07) is 13.3. The molecule has 2 N–H and O–H groups in total. The van der Waals surface area contributed by atoms with Gasteiger partial charge in [-0.25, -0.2) is 4.98 Å². The molecule has 4 nitrogen and oxygen atoms in total. The zero-order valence-electron chi connectivity index (χ0n) is 16.4. The van der Waals surface area contributed by atoms with Gasteiger partial charge in [0.1, 0.15) is 0 Å². The Labute approximate surface area is 171 Å². The van der Waals surface area contributed by atoms with Crippen LogP contribution >= 0.6 is 11.6 Å². The zero-order chi connectivity index (χ0) is 19.3. The van der Waals surface area contributed by atoms with Gasteiger partial charge in [-0.15, -0.1) is 0 Å². The highest BCUT2D eigenvalue weighted by Gasteiger charge is 2.28. The fraction of sp³-hybridized carbons (Fsp3) is 0.435. The van der Waals surface area contributed by atoms with Gasteiger partial charge >= 0.3 is 0 Å². The first-order valence-corrected chi connectivity index (χ1v) is 10.7. The van der Waals surface area contributed by atoms with Gasteiger partial charge in [0.05, 0.1) is 11.0 Å². The highest BCUT2D eigenvalue weighted by Crippen LogP contribution is 2.33. The molecule has 0 unspecified atom stereocenters. The van der Waals surface area contributed by atoms with Gasteiger partial charge in [-0.1, -0.05) is 12.1 Å². The van der Waals surface area contributed by atoms with E-state index >= 15 is 0 Å². The van der Waals surface area contributed by atoms with Crippen molar-refractivity contribution in [2.24, 2.45) is 5.92 Å². The molecule has 2 heterocycles. The van der Waals surface area contributed by atoms with Gasteiger partial charge in [-0.3, -0.25) is 0 Å². The molecule has 146 valence electrons. The molecule has 1 aromatic heterocycles. The van der Waals surface area contributed by atoms with Gasteiger partial charge in [0, 0.05) is 31.4 Å². The third-order valence-electron chi connectivity index (χ3n) is 6.49. The van der Waals surface area contributed by atoms with Crippen LogP contribution in [0.15, 0.2) is 36.4 Å². The lowest BCUT2D eigenvalue weighted by atomic mass is 10.0. The molecule has 0 spiro atoms. The summed E-state index contributed by atoms with van der Waals surface area (Å²) in [5, 5.41) is 0.628. The van der Waals surface area contributed by atoms with Gasteiger partial charge in [-0.05, 0) is 91.1 Å². The van der Waals surface area contributed by atoms with E-state index in [9.17, 15) is 0 Å². The van der Waals surface area contributed by atoms with Crippen LogP contribution < -0.4 is 5.73 Å². The van der Waals surface area contributed by atoms with Gasteiger partial charge in [0.25, 0.3) is 0 Å². The van der Waals surface area contributed by atoms with Crippen LogP contribution in [0.25, 0.3) is 11.0 Å². The molecule has 0 radical (unpaired) electrons. The molecule has 1 saturated heterocycles. The van der Waals surface area contributed by atoms with Crippen LogP contribution in [0.2, 0.25) is 5.28 Å². The molecule has 0 bridgehead atoms. The number of fused-ring (bicyclic) bond motifs is 2. The van der Waals surface area contributed by atoms with E-state index in [-0.39, 0.29) is 0 Å². The number of piperidine rings is 1. The zero-order valence-corrected chi connectivity index (χ0v) is 17.1. The Kier molecular flexibility index (Phi) is 4.56. The van der Waals surface area contributed by atoms with E-state index < -0.39 is 0 Å². The molecule has 5 rings (SSSR count). The van der Waals surface area contributed by atoms with Crippen LogP contribution in [0.3, 0.4) is 0 Å². The van der Waals surface area contributed by atoms with E-state index in [1.807, 2.05) is 6.07 Å². The largest absolute Gasteiger partial charge is 0.399 e. The quantitative estimate of drug-likeness (QED) is 0.658. The molecule has 28 heavy (non-hydrogen) atoms. The molecular formula is C23H27ClN4. The molecule has 0 amide bonds. The third kappa shape index (κ3) is 3.29. The summed E-state index contributed by atoms with van der Waals surface area (Å²) < 4.78 is 2.25. The summed E-state index contributed by atoms with van der Waals surface area (Å²) >= 11 is 6.52. The number of aromatic nitrogens is 2. The maximum absolute atomic E-state index is 6.52. The summed E-state index contributed by atoms with van der Waals surface area (Å²) in [5.74, 6) is 0.717. The lowest BCUT2D eigenvalue weighted by Crippen LogP contribution is -2.38. The number of aryl methyl sites for hydroxylation is 1. The third-order valence-corrected chi connectivity index (χ3v) is 6.75. The maximum Gasteiger partial charge on any atom is 0.204 e. The summed E-state index contributed by atoms with van der Waals surface area (Å²) in [6.45, 7) is 5.53. The van der Waals surface area contributed by atoms with Gasteiger partial charge in [-0.2, -0.15) is 0 Å². The van der Waals surface area contributed by atoms with E-state index in [2.05, 4.69) is 51.7 Å². The second-order valence-electron chi connectivity index (χ2n) is 8.58. The number of hydrogen-bond acceptors (Lipinski definition) is 3. The van der Waals surface area contributed by atoms with E-state index in [4.69, 9.17) is 17.3 Å². The second-order valence-corrected chi connectivity index (χ2v) is 8.92. The minimum absolute atomic E-state index is 0.442. The molecule has 1 atom stereocenters. The Hall–Kier alpha value is -2.04. The number of imidazole rings is 1. The molecule has 1 fully saturated rings. The van der Waals surface area contributed by atoms with E-state index in [1.54, 1.807) is 0 Å². The highest BCUT2D eigenvalue weighted by atomic mass is 35.5. The first kappa shape index (κ1) is 18.0. The normalized spacial score (nSPS) is 20.7. The monoisotopic (exact) mass is 394 g/mol. The standard InChI is InChI=1S/C23H27ClN4/c1-15-2-5-22-21(10-15)26-23(24)28(22)20-6-8-27(9-7-20)14-16-11-17-3-4-19(25)13-18(17)12-16/h2-5,10,13,16,20H,6-9,11-12,14,25H2,1H3/t16-/m1/s1. The average Bonchev–Trinajstić information content (AvgIpc) is 3.21. The maximum atomic E-state index is 6.52. The number of rotatable bonds is 3.